The minimum atomic E-state index is -4.07. The van der Waals surface area contributed by atoms with E-state index in [2.05, 4.69) is 21.2 Å². The molecular weight excluding hydrogens is 323 g/mol. The van der Waals surface area contributed by atoms with Crippen LogP contribution in [0.5, 0.6) is 0 Å². The maximum Gasteiger partial charge on any atom is 0.389 e. The quantitative estimate of drug-likeness (QED) is 0.740. The second-order valence-electron chi connectivity index (χ2n) is 4.35. The van der Waals surface area contributed by atoms with E-state index in [-0.39, 0.29) is 6.42 Å². The van der Waals surface area contributed by atoms with Gasteiger partial charge in [0, 0.05) is 17.4 Å². The lowest BCUT2D eigenvalue weighted by molar-refractivity contribution is -0.135. The van der Waals surface area contributed by atoms with Crippen LogP contribution in [-0.2, 0) is 0 Å². The van der Waals surface area contributed by atoms with Crippen molar-refractivity contribution < 1.29 is 18.3 Å². The molecule has 0 radical (unpaired) electrons. The van der Waals surface area contributed by atoms with E-state index in [1.165, 1.54) is 0 Å². The normalized spacial score (nSPS) is 13.5. The van der Waals surface area contributed by atoms with Gasteiger partial charge in [-0.25, -0.2) is 0 Å². The van der Waals surface area contributed by atoms with Gasteiger partial charge in [0.25, 0.3) is 0 Å². The van der Waals surface area contributed by atoms with E-state index in [1.807, 2.05) is 18.2 Å². The van der Waals surface area contributed by atoms with Crippen molar-refractivity contribution in [2.45, 2.75) is 31.5 Å². The van der Waals surface area contributed by atoms with Crippen LogP contribution in [0.2, 0.25) is 0 Å². The van der Waals surface area contributed by atoms with Crippen molar-refractivity contribution >= 4 is 15.9 Å². The Morgan fingerprint density at radius 1 is 1.26 bits per heavy atom. The van der Waals surface area contributed by atoms with Crippen molar-refractivity contribution in [2.24, 2.45) is 0 Å². The number of alkyl halides is 3. The van der Waals surface area contributed by atoms with Crippen LogP contribution < -0.4 is 5.32 Å². The lowest BCUT2D eigenvalue weighted by Gasteiger charge is -2.12. The molecule has 0 fully saturated rings. The molecule has 1 rings (SSSR count). The Morgan fingerprint density at radius 2 is 2.00 bits per heavy atom. The predicted octanol–water partition coefficient (Wildman–Crippen LogP) is 3.80. The molecule has 0 saturated heterocycles. The first-order valence-electron chi connectivity index (χ1n) is 6.09. The Morgan fingerprint density at radius 3 is 2.63 bits per heavy atom. The minimum absolute atomic E-state index is 0.115. The molecule has 0 bridgehead atoms. The Labute approximate surface area is 119 Å². The molecule has 0 heterocycles. The number of hydrogen-bond donors (Lipinski definition) is 2. The number of hydrogen-bond acceptors (Lipinski definition) is 2. The molecule has 1 aromatic rings. The van der Waals surface area contributed by atoms with Crippen LogP contribution in [0.3, 0.4) is 0 Å². The summed E-state index contributed by atoms with van der Waals surface area (Å²) in [6, 6.07) is 7.31. The second kappa shape index (κ2) is 7.87. The van der Waals surface area contributed by atoms with Gasteiger partial charge in [-0.05, 0) is 37.1 Å². The molecule has 0 aliphatic rings. The fraction of sp³-hybridized carbons (Fsp3) is 0.538. The van der Waals surface area contributed by atoms with Gasteiger partial charge in [0.05, 0.1) is 6.10 Å². The molecule has 1 atom stereocenters. The molecule has 2 nitrogen and oxygen atoms in total. The Balaban J connectivity index is 2.16. The van der Waals surface area contributed by atoms with Gasteiger partial charge in [-0.15, -0.1) is 0 Å². The smallest absolute Gasteiger partial charge is 0.387 e. The summed E-state index contributed by atoms with van der Waals surface area (Å²) in [4.78, 5) is 0. The summed E-state index contributed by atoms with van der Waals surface area (Å²) in [5, 5.41) is 12.8. The molecule has 1 unspecified atom stereocenters. The lowest BCUT2D eigenvalue weighted by Crippen LogP contribution is -2.22. The first-order valence-corrected chi connectivity index (χ1v) is 6.89. The monoisotopic (exact) mass is 339 g/mol. The Kier molecular flexibility index (Phi) is 6.82. The maximum absolute atomic E-state index is 11.9. The van der Waals surface area contributed by atoms with E-state index in [4.69, 9.17) is 0 Å². The summed E-state index contributed by atoms with van der Waals surface area (Å²) < 4.78 is 36.5. The number of halogens is 4. The largest absolute Gasteiger partial charge is 0.389 e. The Hall–Kier alpha value is -0.590. The number of nitrogens with one attached hydrogen (secondary N) is 1. The third kappa shape index (κ3) is 7.54. The van der Waals surface area contributed by atoms with Crippen LogP contribution in [-0.4, -0.2) is 24.4 Å². The number of aliphatic hydroxyl groups excluding tert-OH is 1. The molecule has 2 N–H and O–H groups in total. The number of benzene rings is 1. The number of aliphatic hydroxyl groups is 1. The molecule has 1 aromatic carbocycles. The fourth-order valence-corrected chi connectivity index (χ4v) is 2.06. The third-order valence-corrected chi connectivity index (χ3v) is 3.13. The molecule has 0 spiro atoms. The maximum atomic E-state index is 11.9. The summed E-state index contributed by atoms with van der Waals surface area (Å²) in [5.74, 6) is 0. The summed E-state index contributed by atoms with van der Waals surface area (Å²) in [7, 11) is 0. The van der Waals surface area contributed by atoms with E-state index in [0.29, 0.717) is 19.5 Å². The molecule has 0 aliphatic carbocycles. The SMILES string of the molecule is OC(CNCCCCC(F)(F)F)c1cccc(Br)c1. The molecule has 6 heteroatoms. The fourth-order valence-electron chi connectivity index (χ4n) is 1.65. The lowest BCUT2D eigenvalue weighted by atomic mass is 10.1. The highest BCUT2D eigenvalue weighted by Crippen LogP contribution is 2.22. The van der Waals surface area contributed by atoms with Crippen molar-refractivity contribution in [1.82, 2.24) is 5.32 Å². The van der Waals surface area contributed by atoms with Gasteiger partial charge in [-0.3, -0.25) is 0 Å². The van der Waals surface area contributed by atoms with E-state index in [9.17, 15) is 18.3 Å². The van der Waals surface area contributed by atoms with Gasteiger partial charge in [0.1, 0.15) is 0 Å². The number of rotatable bonds is 7. The van der Waals surface area contributed by atoms with Crippen molar-refractivity contribution in [1.29, 1.82) is 0 Å². The van der Waals surface area contributed by atoms with E-state index < -0.39 is 18.7 Å². The Bertz CT molecular complexity index is 384. The van der Waals surface area contributed by atoms with E-state index in [1.54, 1.807) is 6.07 Å². The molecule has 0 saturated carbocycles. The van der Waals surface area contributed by atoms with Crippen molar-refractivity contribution in [3.8, 4) is 0 Å². The molecular formula is C13H17BrF3NO. The third-order valence-electron chi connectivity index (χ3n) is 2.63. The molecule has 19 heavy (non-hydrogen) atoms. The van der Waals surface area contributed by atoms with Gasteiger partial charge in [-0.2, -0.15) is 13.2 Å². The van der Waals surface area contributed by atoms with Crippen molar-refractivity contribution in [2.75, 3.05) is 13.1 Å². The highest BCUT2D eigenvalue weighted by Gasteiger charge is 2.25. The highest BCUT2D eigenvalue weighted by molar-refractivity contribution is 9.10. The summed E-state index contributed by atoms with van der Waals surface area (Å²) in [6.07, 6.45) is -4.91. The molecule has 0 aromatic heterocycles. The van der Waals surface area contributed by atoms with Crippen LogP contribution in [0, 0.1) is 0 Å². The van der Waals surface area contributed by atoms with E-state index in [0.717, 1.165) is 10.0 Å². The average molecular weight is 340 g/mol. The van der Waals surface area contributed by atoms with E-state index >= 15 is 0 Å². The zero-order chi connectivity index (χ0) is 14.3. The van der Waals surface area contributed by atoms with Crippen molar-refractivity contribution in [3.05, 3.63) is 34.3 Å². The van der Waals surface area contributed by atoms with Crippen molar-refractivity contribution in [3.63, 3.8) is 0 Å². The predicted molar refractivity (Wildman–Crippen MR) is 71.9 cm³/mol. The summed E-state index contributed by atoms with van der Waals surface area (Å²) in [5.41, 5.74) is 0.775. The molecule has 0 amide bonds. The number of unbranched alkanes of at least 4 members (excludes halogenated alkanes) is 1. The summed E-state index contributed by atoms with van der Waals surface area (Å²) >= 11 is 3.31. The van der Waals surface area contributed by atoms with Crippen LogP contribution in [0.1, 0.15) is 30.9 Å². The van der Waals surface area contributed by atoms with Crippen LogP contribution in [0.25, 0.3) is 0 Å². The molecule has 108 valence electrons. The van der Waals surface area contributed by atoms with Gasteiger partial charge >= 0.3 is 6.18 Å². The second-order valence-corrected chi connectivity index (χ2v) is 5.26. The first-order chi connectivity index (χ1) is 8.88. The van der Waals surface area contributed by atoms with Crippen LogP contribution >= 0.6 is 15.9 Å². The van der Waals surface area contributed by atoms with Gasteiger partial charge in [0.15, 0.2) is 0 Å². The zero-order valence-electron chi connectivity index (χ0n) is 10.4. The van der Waals surface area contributed by atoms with Crippen LogP contribution in [0.15, 0.2) is 28.7 Å². The average Bonchev–Trinajstić information content (AvgIpc) is 2.32. The molecule has 0 aliphatic heterocycles. The van der Waals surface area contributed by atoms with Gasteiger partial charge in [-0.1, -0.05) is 28.1 Å². The highest BCUT2D eigenvalue weighted by atomic mass is 79.9. The minimum Gasteiger partial charge on any atom is -0.387 e. The van der Waals surface area contributed by atoms with Crippen LogP contribution in [0.4, 0.5) is 13.2 Å². The van der Waals surface area contributed by atoms with Gasteiger partial charge in [0.2, 0.25) is 0 Å². The summed E-state index contributed by atoms with van der Waals surface area (Å²) in [6.45, 7) is 0.809. The topological polar surface area (TPSA) is 32.3 Å². The zero-order valence-corrected chi connectivity index (χ0v) is 12.0. The first kappa shape index (κ1) is 16.5. The van der Waals surface area contributed by atoms with Gasteiger partial charge < -0.3 is 10.4 Å². The standard InChI is InChI=1S/C13H17BrF3NO/c14-11-5-3-4-10(8-11)12(19)9-18-7-2-1-6-13(15,16)17/h3-5,8,12,18-19H,1-2,6-7,9H2.